The van der Waals surface area contributed by atoms with Crippen LogP contribution >= 0.6 is 0 Å². The molecule has 2 amide bonds. The van der Waals surface area contributed by atoms with Gasteiger partial charge in [-0.15, -0.1) is 0 Å². The molecular formula is C15H20N2O3. The molecule has 4 aliphatic rings. The number of hydrogen-bond acceptors (Lipinski definition) is 4. The molecule has 5 heteroatoms. The van der Waals surface area contributed by atoms with Crippen LogP contribution in [0.5, 0.6) is 0 Å². The van der Waals surface area contributed by atoms with E-state index in [4.69, 9.17) is 4.74 Å². The molecule has 2 bridgehead atoms. The van der Waals surface area contributed by atoms with E-state index in [2.05, 4.69) is 4.90 Å². The number of nitrogens with zero attached hydrogens (tertiary/aromatic N) is 2. The quantitative estimate of drug-likeness (QED) is 0.553. The summed E-state index contributed by atoms with van der Waals surface area (Å²) in [7, 11) is 0. The van der Waals surface area contributed by atoms with Gasteiger partial charge in [-0.2, -0.15) is 0 Å². The molecule has 3 saturated heterocycles. The molecule has 0 N–H and O–H groups in total. The van der Waals surface area contributed by atoms with E-state index in [9.17, 15) is 9.59 Å². The minimum Gasteiger partial charge on any atom is -0.365 e. The fourth-order valence-electron chi connectivity index (χ4n) is 4.01. The third kappa shape index (κ3) is 1.76. The molecule has 4 rings (SSSR count). The summed E-state index contributed by atoms with van der Waals surface area (Å²) in [6.45, 7) is 3.56. The average molecular weight is 276 g/mol. The van der Waals surface area contributed by atoms with E-state index in [0.717, 1.165) is 19.6 Å². The zero-order chi connectivity index (χ0) is 13.7. The zero-order valence-electron chi connectivity index (χ0n) is 11.5. The van der Waals surface area contributed by atoms with Crippen molar-refractivity contribution >= 4 is 11.8 Å². The number of carbonyl (C=O) groups is 2. The highest BCUT2D eigenvalue weighted by Crippen LogP contribution is 2.44. The fraction of sp³-hybridized carbons (Fsp3) is 0.733. The van der Waals surface area contributed by atoms with Gasteiger partial charge in [0, 0.05) is 13.1 Å². The summed E-state index contributed by atoms with van der Waals surface area (Å²) < 4.78 is 5.63. The third-order valence-electron chi connectivity index (χ3n) is 5.09. The number of likely N-dealkylation sites (tertiary alicyclic amines) is 2. The smallest absolute Gasteiger partial charge is 0.236 e. The molecule has 108 valence electrons. The third-order valence-corrected chi connectivity index (χ3v) is 5.09. The Morgan fingerprint density at radius 3 is 2.15 bits per heavy atom. The normalized spacial score (nSPS) is 39.9. The maximum Gasteiger partial charge on any atom is 0.236 e. The lowest BCUT2D eigenvalue weighted by atomic mass is 9.85. The van der Waals surface area contributed by atoms with E-state index < -0.39 is 0 Å². The van der Waals surface area contributed by atoms with Gasteiger partial charge in [0.2, 0.25) is 11.8 Å². The van der Waals surface area contributed by atoms with Gasteiger partial charge in [0.05, 0.1) is 24.0 Å². The predicted molar refractivity (Wildman–Crippen MR) is 71.8 cm³/mol. The first-order valence-electron chi connectivity index (χ1n) is 7.67. The Morgan fingerprint density at radius 2 is 1.55 bits per heavy atom. The molecular weight excluding hydrogens is 256 g/mol. The molecule has 0 saturated carbocycles. The molecule has 4 heterocycles. The Kier molecular flexibility index (Phi) is 2.93. The first kappa shape index (κ1) is 12.5. The van der Waals surface area contributed by atoms with Crippen LogP contribution in [0.25, 0.3) is 0 Å². The second-order valence-electron chi connectivity index (χ2n) is 6.23. The molecule has 20 heavy (non-hydrogen) atoms. The van der Waals surface area contributed by atoms with Gasteiger partial charge >= 0.3 is 0 Å². The van der Waals surface area contributed by atoms with Crippen molar-refractivity contribution in [2.45, 2.75) is 31.5 Å². The molecule has 4 aliphatic heterocycles. The van der Waals surface area contributed by atoms with Crippen LogP contribution in [0.2, 0.25) is 0 Å². The van der Waals surface area contributed by atoms with Gasteiger partial charge in [-0.1, -0.05) is 18.6 Å². The van der Waals surface area contributed by atoms with Crippen LogP contribution in [0.1, 0.15) is 19.3 Å². The van der Waals surface area contributed by atoms with Gasteiger partial charge in [0.15, 0.2) is 0 Å². The van der Waals surface area contributed by atoms with Crippen molar-refractivity contribution in [3.8, 4) is 0 Å². The highest BCUT2D eigenvalue weighted by Gasteiger charge is 2.60. The number of hydrogen-bond donors (Lipinski definition) is 0. The van der Waals surface area contributed by atoms with Crippen LogP contribution in [0, 0.1) is 11.8 Å². The van der Waals surface area contributed by atoms with Crippen molar-refractivity contribution in [1.82, 2.24) is 9.80 Å². The summed E-state index contributed by atoms with van der Waals surface area (Å²) in [6, 6.07) is 0. The summed E-state index contributed by atoms with van der Waals surface area (Å²) in [5.74, 6) is -0.541. The molecule has 3 fully saturated rings. The standard InChI is InChI=1S/C15H20N2O3/c18-14-12-10-4-5-11(20-10)13(12)15(19)17(14)9-8-16-6-2-1-3-7-16/h4-5,10-13H,1-3,6-9H2/t10-,11+,12-,13-/m0/s1. The lowest BCUT2D eigenvalue weighted by Crippen LogP contribution is -2.42. The molecule has 0 aromatic rings. The Balaban J connectivity index is 1.42. The number of carbonyl (C=O) groups excluding carboxylic acids is 2. The van der Waals surface area contributed by atoms with Gasteiger partial charge in [0.1, 0.15) is 0 Å². The van der Waals surface area contributed by atoms with E-state index in [1.165, 1.54) is 24.2 Å². The Morgan fingerprint density at radius 1 is 0.950 bits per heavy atom. The van der Waals surface area contributed by atoms with Crippen molar-refractivity contribution in [2.24, 2.45) is 11.8 Å². The predicted octanol–water partition coefficient (Wildman–Crippen LogP) is 0.411. The number of rotatable bonds is 3. The molecule has 0 radical (unpaired) electrons. The van der Waals surface area contributed by atoms with Crippen LogP contribution in [0.3, 0.4) is 0 Å². The van der Waals surface area contributed by atoms with Gasteiger partial charge in [-0.25, -0.2) is 0 Å². The maximum absolute atomic E-state index is 12.4. The summed E-state index contributed by atoms with van der Waals surface area (Å²) in [5.41, 5.74) is 0. The minimum absolute atomic E-state index is 0.0196. The maximum atomic E-state index is 12.4. The van der Waals surface area contributed by atoms with Crippen molar-refractivity contribution in [1.29, 1.82) is 0 Å². The Bertz CT molecular complexity index is 440. The van der Waals surface area contributed by atoms with E-state index in [0.29, 0.717) is 6.54 Å². The number of ether oxygens (including phenoxy) is 1. The Hall–Kier alpha value is -1.20. The second-order valence-corrected chi connectivity index (χ2v) is 6.23. The summed E-state index contributed by atoms with van der Waals surface area (Å²) in [5, 5.41) is 0. The lowest BCUT2D eigenvalue weighted by molar-refractivity contribution is -0.142. The average Bonchev–Trinajstić information content (AvgIpc) is 3.13. The Labute approximate surface area is 118 Å². The molecule has 0 aromatic carbocycles. The SMILES string of the molecule is O=C1[C@@H]2[C@@H](C(=O)N1CCN1CCCCC1)[C@H]1C=C[C@@H]2O1. The summed E-state index contributed by atoms with van der Waals surface area (Å²) >= 11 is 0. The van der Waals surface area contributed by atoms with E-state index in [1.807, 2.05) is 12.2 Å². The van der Waals surface area contributed by atoms with Gasteiger partial charge in [-0.3, -0.25) is 14.5 Å². The monoisotopic (exact) mass is 276 g/mol. The van der Waals surface area contributed by atoms with Crippen LogP contribution < -0.4 is 0 Å². The second kappa shape index (κ2) is 4.67. The highest BCUT2D eigenvalue weighted by atomic mass is 16.5. The molecule has 4 atom stereocenters. The van der Waals surface area contributed by atoms with Gasteiger partial charge in [-0.05, 0) is 25.9 Å². The van der Waals surface area contributed by atoms with Crippen LogP contribution in [-0.4, -0.2) is 60.0 Å². The number of piperidine rings is 1. The van der Waals surface area contributed by atoms with Crippen molar-refractivity contribution in [3.63, 3.8) is 0 Å². The molecule has 5 nitrogen and oxygen atoms in total. The largest absolute Gasteiger partial charge is 0.365 e. The number of imide groups is 1. The molecule has 0 unspecified atom stereocenters. The zero-order valence-corrected chi connectivity index (χ0v) is 11.5. The molecule has 0 spiro atoms. The van der Waals surface area contributed by atoms with Crippen molar-refractivity contribution in [2.75, 3.05) is 26.2 Å². The lowest BCUT2D eigenvalue weighted by Gasteiger charge is -2.28. The number of amides is 2. The molecule has 0 aliphatic carbocycles. The topological polar surface area (TPSA) is 49.9 Å². The fourth-order valence-corrected chi connectivity index (χ4v) is 4.01. The van der Waals surface area contributed by atoms with E-state index >= 15 is 0 Å². The first-order chi connectivity index (χ1) is 9.75. The first-order valence-corrected chi connectivity index (χ1v) is 7.67. The van der Waals surface area contributed by atoms with Crippen LogP contribution in [-0.2, 0) is 14.3 Å². The summed E-state index contributed by atoms with van der Waals surface area (Å²) in [6.07, 6.45) is 7.30. The van der Waals surface area contributed by atoms with Crippen LogP contribution in [0.4, 0.5) is 0 Å². The van der Waals surface area contributed by atoms with E-state index in [-0.39, 0.29) is 35.9 Å². The number of fused-ring (bicyclic) bond motifs is 5. The van der Waals surface area contributed by atoms with Crippen molar-refractivity contribution in [3.05, 3.63) is 12.2 Å². The van der Waals surface area contributed by atoms with Gasteiger partial charge in [0.25, 0.3) is 0 Å². The minimum atomic E-state index is -0.251. The highest BCUT2D eigenvalue weighted by molar-refractivity contribution is 6.06. The molecule has 0 aromatic heterocycles. The van der Waals surface area contributed by atoms with Crippen LogP contribution in [0.15, 0.2) is 12.2 Å². The summed E-state index contributed by atoms with van der Waals surface area (Å²) in [4.78, 5) is 28.7. The van der Waals surface area contributed by atoms with E-state index in [1.54, 1.807) is 0 Å². The van der Waals surface area contributed by atoms with Gasteiger partial charge < -0.3 is 9.64 Å². The van der Waals surface area contributed by atoms with Crippen molar-refractivity contribution < 1.29 is 14.3 Å².